The number of hydrogen-bond donors (Lipinski definition) is 0. The highest BCUT2D eigenvalue weighted by molar-refractivity contribution is 4.93. The van der Waals surface area contributed by atoms with Crippen molar-refractivity contribution in [2.75, 3.05) is 0 Å². The van der Waals surface area contributed by atoms with Crippen molar-refractivity contribution in [3.05, 3.63) is 25.3 Å². The highest BCUT2D eigenvalue weighted by atomic mass is 14.2. The molecule has 0 rings (SSSR count). The molecular formula is C6H9N. The molecule has 0 unspecified atom stereocenters. The van der Waals surface area contributed by atoms with Crippen molar-refractivity contribution < 1.29 is 0 Å². The molecule has 1 heteroatoms. The first-order valence-corrected chi connectivity index (χ1v) is 1.91. The Morgan fingerprint density at radius 1 is 1.57 bits per heavy atom. The lowest BCUT2D eigenvalue weighted by molar-refractivity contribution is 1.54. The second-order valence-electron chi connectivity index (χ2n) is 0.741. The van der Waals surface area contributed by atoms with Gasteiger partial charge in [-0.2, -0.15) is 5.26 Å². The maximum absolute atomic E-state index is 7.51. The quantitative estimate of drug-likeness (QED) is 0.333. The van der Waals surface area contributed by atoms with Crippen molar-refractivity contribution in [3.8, 4) is 6.07 Å². The minimum Gasteiger partial charge on any atom is -0.193 e. The third-order valence-electron chi connectivity index (χ3n) is 0.0913. The summed E-state index contributed by atoms with van der Waals surface area (Å²) in [5, 5.41) is 7.51. The zero-order chi connectivity index (χ0) is 6.12. The van der Waals surface area contributed by atoms with Gasteiger partial charge in [0.05, 0.1) is 6.07 Å². The van der Waals surface area contributed by atoms with Gasteiger partial charge in [-0.05, 0) is 6.92 Å². The van der Waals surface area contributed by atoms with E-state index in [9.17, 15) is 0 Å². The molecule has 0 aromatic rings. The van der Waals surface area contributed by atoms with E-state index in [1.807, 2.05) is 6.92 Å². The zero-order valence-corrected chi connectivity index (χ0v) is 4.52. The van der Waals surface area contributed by atoms with Crippen molar-refractivity contribution in [2.24, 2.45) is 0 Å². The van der Waals surface area contributed by atoms with Gasteiger partial charge in [0.2, 0.25) is 0 Å². The fourth-order valence-electron chi connectivity index (χ4n) is 0. The number of allylic oxidation sites excluding steroid dienone is 2. The summed E-state index contributed by atoms with van der Waals surface area (Å²) in [6, 6.07) is 1.69. The lowest BCUT2D eigenvalue weighted by atomic mass is 10.8. The Morgan fingerprint density at radius 3 is 1.71 bits per heavy atom. The van der Waals surface area contributed by atoms with Crippen molar-refractivity contribution >= 4 is 0 Å². The Balaban J connectivity index is 0. The van der Waals surface area contributed by atoms with Crippen molar-refractivity contribution in [1.29, 1.82) is 5.26 Å². The summed E-state index contributed by atoms with van der Waals surface area (Å²) in [5.74, 6) is 0. The van der Waals surface area contributed by atoms with E-state index < -0.39 is 0 Å². The summed E-state index contributed by atoms with van der Waals surface area (Å²) >= 11 is 0. The predicted octanol–water partition coefficient (Wildman–Crippen LogP) is 1.89. The van der Waals surface area contributed by atoms with Crippen LogP contribution >= 0.6 is 0 Å². The standard InChI is InChI=1S/C3H3N.C3H6/c1-2-3-4;1-3-2/h2H,1H2;3H,1H2,2H3. The molecule has 0 bridgehead atoms. The number of hydrogen-bond acceptors (Lipinski definition) is 1. The first-order chi connectivity index (χ1) is 3.33. The molecule has 0 N–H and O–H groups in total. The molecule has 0 aliphatic carbocycles. The van der Waals surface area contributed by atoms with Gasteiger partial charge in [-0.25, -0.2) is 0 Å². The van der Waals surface area contributed by atoms with E-state index in [0.29, 0.717) is 0 Å². The summed E-state index contributed by atoms with van der Waals surface area (Å²) < 4.78 is 0. The van der Waals surface area contributed by atoms with Crippen LogP contribution in [0, 0.1) is 11.3 Å². The molecule has 0 aromatic heterocycles. The van der Waals surface area contributed by atoms with Gasteiger partial charge in [0.15, 0.2) is 0 Å². The van der Waals surface area contributed by atoms with Crippen molar-refractivity contribution in [1.82, 2.24) is 0 Å². The molecule has 1 nitrogen and oxygen atoms in total. The third-order valence-corrected chi connectivity index (χ3v) is 0.0913. The van der Waals surface area contributed by atoms with Crippen molar-refractivity contribution in [2.45, 2.75) is 6.92 Å². The van der Waals surface area contributed by atoms with E-state index in [2.05, 4.69) is 13.2 Å². The maximum Gasteiger partial charge on any atom is 0.0905 e. The van der Waals surface area contributed by atoms with E-state index in [0.717, 1.165) is 0 Å². The summed E-state index contributed by atoms with van der Waals surface area (Å²) in [6.07, 6.45) is 2.93. The van der Waals surface area contributed by atoms with Gasteiger partial charge < -0.3 is 0 Å². The topological polar surface area (TPSA) is 23.8 Å². The van der Waals surface area contributed by atoms with E-state index >= 15 is 0 Å². The van der Waals surface area contributed by atoms with Crippen molar-refractivity contribution in [3.63, 3.8) is 0 Å². The normalized spacial score (nSPS) is 4.00. The van der Waals surface area contributed by atoms with E-state index in [-0.39, 0.29) is 0 Å². The first-order valence-electron chi connectivity index (χ1n) is 1.91. The monoisotopic (exact) mass is 95.1 g/mol. The lowest BCUT2D eigenvalue weighted by Crippen LogP contribution is -1.23. The summed E-state index contributed by atoms with van der Waals surface area (Å²) in [4.78, 5) is 0. The van der Waals surface area contributed by atoms with Gasteiger partial charge in [-0.15, -0.1) is 6.58 Å². The minimum atomic E-state index is 1.18. The molecular weight excluding hydrogens is 86.1 g/mol. The van der Waals surface area contributed by atoms with Crippen LogP contribution in [0.3, 0.4) is 0 Å². The Morgan fingerprint density at radius 2 is 1.71 bits per heavy atom. The zero-order valence-electron chi connectivity index (χ0n) is 4.52. The van der Waals surface area contributed by atoms with Gasteiger partial charge in [0.1, 0.15) is 0 Å². The number of nitriles is 1. The van der Waals surface area contributed by atoms with Crippen LogP contribution in [-0.2, 0) is 0 Å². The Kier molecular flexibility index (Phi) is 27.0. The van der Waals surface area contributed by atoms with Crippen LogP contribution in [0.5, 0.6) is 0 Å². The molecule has 7 heavy (non-hydrogen) atoms. The molecule has 0 atom stereocenters. The number of rotatable bonds is 0. The molecule has 0 aromatic carbocycles. The average molecular weight is 95.1 g/mol. The summed E-state index contributed by atoms with van der Waals surface area (Å²) in [5.41, 5.74) is 0. The molecule has 0 radical (unpaired) electrons. The molecule has 0 saturated heterocycles. The van der Waals surface area contributed by atoms with Crippen LogP contribution in [0.1, 0.15) is 6.92 Å². The molecule has 0 saturated carbocycles. The number of nitrogens with zero attached hydrogens (tertiary/aromatic N) is 1. The van der Waals surface area contributed by atoms with Gasteiger partial charge in [-0.3, -0.25) is 0 Å². The average Bonchev–Trinajstić information content (AvgIpc) is 1.69. The van der Waals surface area contributed by atoms with Crippen LogP contribution in [-0.4, -0.2) is 0 Å². The predicted molar refractivity (Wildman–Crippen MR) is 31.7 cm³/mol. The molecule has 0 heterocycles. The molecule has 0 spiro atoms. The van der Waals surface area contributed by atoms with Gasteiger partial charge in [-0.1, -0.05) is 12.7 Å². The Labute approximate surface area is 44.6 Å². The van der Waals surface area contributed by atoms with E-state index in [4.69, 9.17) is 5.26 Å². The first kappa shape index (κ1) is 9.36. The smallest absolute Gasteiger partial charge is 0.0905 e. The molecule has 0 amide bonds. The minimum absolute atomic E-state index is 1.18. The SMILES string of the molecule is C=CC.C=CC#N. The van der Waals surface area contributed by atoms with Gasteiger partial charge in [0.25, 0.3) is 0 Å². The van der Waals surface area contributed by atoms with E-state index in [1.54, 1.807) is 12.1 Å². The maximum atomic E-state index is 7.51. The summed E-state index contributed by atoms with van der Waals surface area (Å²) in [7, 11) is 0. The molecule has 38 valence electrons. The second-order valence-corrected chi connectivity index (χ2v) is 0.741. The lowest BCUT2D eigenvalue weighted by Gasteiger charge is -1.31. The van der Waals surface area contributed by atoms with Gasteiger partial charge in [0, 0.05) is 6.08 Å². The second kappa shape index (κ2) is 20.2. The highest BCUT2D eigenvalue weighted by Gasteiger charge is 1.34. The van der Waals surface area contributed by atoms with Crippen LogP contribution in [0.2, 0.25) is 0 Å². The fraction of sp³-hybridized carbons (Fsp3) is 0.167. The largest absolute Gasteiger partial charge is 0.193 e. The third kappa shape index (κ3) is 48700. The molecule has 0 aliphatic rings. The van der Waals surface area contributed by atoms with Crippen LogP contribution in [0.25, 0.3) is 0 Å². The Bertz CT molecular complexity index is 76.7. The van der Waals surface area contributed by atoms with Crippen LogP contribution in [0.15, 0.2) is 25.3 Å². The molecule has 0 aliphatic heterocycles. The van der Waals surface area contributed by atoms with Gasteiger partial charge >= 0.3 is 0 Å². The fourth-order valence-corrected chi connectivity index (χ4v) is 0. The Hall–Kier alpha value is -1.03. The summed E-state index contributed by atoms with van der Waals surface area (Å²) in [6.45, 7) is 8.37. The molecule has 0 fully saturated rings. The van der Waals surface area contributed by atoms with Crippen LogP contribution in [0.4, 0.5) is 0 Å². The highest BCUT2D eigenvalue weighted by Crippen LogP contribution is 1.41. The van der Waals surface area contributed by atoms with Crippen LogP contribution < -0.4 is 0 Å². The van der Waals surface area contributed by atoms with E-state index in [1.165, 1.54) is 6.08 Å².